The summed E-state index contributed by atoms with van der Waals surface area (Å²) in [4.78, 5) is 14.6. The average molecular weight is 359 g/mol. The van der Waals surface area contributed by atoms with Crippen LogP contribution in [0.25, 0.3) is 0 Å². The lowest BCUT2D eigenvalue weighted by atomic mass is 9.70. The van der Waals surface area contributed by atoms with Crippen molar-refractivity contribution >= 4 is 5.97 Å². The lowest BCUT2D eigenvalue weighted by Crippen LogP contribution is -2.76. The minimum atomic E-state index is -0.439. The normalized spacial score (nSPS) is 30.8. The minimum Gasteiger partial charge on any atom is -0.447 e. The molecule has 0 radical (unpaired) electrons. The number of fused-ring (bicyclic) bond motifs is 2. The van der Waals surface area contributed by atoms with Crippen molar-refractivity contribution in [1.82, 2.24) is 4.90 Å². The molecule has 3 aliphatic heterocycles. The van der Waals surface area contributed by atoms with Crippen molar-refractivity contribution in [1.29, 1.82) is 0 Å². The molecule has 3 heterocycles. The first-order valence-electron chi connectivity index (χ1n) is 10.3. The fourth-order valence-electron chi connectivity index (χ4n) is 5.20. The van der Waals surface area contributed by atoms with Gasteiger partial charge >= 0.3 is 5.97 Å². The zero-order valence-corrected chi connectivity index (χ0v) is 15.8. The monoisotopic (exact) mass is 359 g/mol. The number of nitrogens with zero attached hydrogens (tertiary/aromatic N) is 1. The van der Waals surface area contributed by atoms with E-state index in [1.165, 1.54) is 31.2 Å². The van der Waals surface area contributed by atoms with Crippen molar-refractivity contribution in [3.05, 3.63) is 58.7 Å². The topological polar surface area (TPSA) is 29.5 Å². The predicted octanol–water partition coefficient (Wildman–Crippen LogP) is 3.78. The van der Waals surface area contributed by atoms with E-state index in [4.69, 9.17) is 4.74 Å². The van der Waals surface area contributed by atoms with Crippen LogP contribution >= 0.6 is 0 Å². The van der Waals surface area contributed by atoms with E-state index >= 15 is 0 Å². The van der Waals surface area contributed by atoms with E-state index in [9.17, 15) is 4.79 Å². The van der Waals surface area contributed by atoms with Crippen LogP contribution in [0.15, 0.2) is 47.6 Å². The predicted molar refractivity (Wildman–Crippen MR) is 105 cm³/mol. The first kappa shape index (κ1) is 16.8. The highest BCUT2D eigenvalue weighted by Crippen LogP contribution is 2.57. The first-order valence-corrected chi connectivity index (χ1v) is 10.3. The van der Waals surface area contributed by atoms with Crippen LogP contribution in [0.3, 0.4) is 0 Å². The second kappa shape index (κ2) is 6.39. The number of piperidine rings is 1. The third kappa shape index (κ3) is 2.51. The zero-order valence-electron chi connectivity index (χ0n) is 15.8. The number of carbonyl (C=O) groups is 1. The maximum atomic E-state index is 12.1. The minimum absolute atomic E-state index is 0.182. The summed E-state index contributed by atoms with van der Waals surface area (Å²) in [7, 11) is 0. The number of hydrogen-bond donors (Lipinski definition) is 0. The summed E-state index contributed by atoms with van der Waals surface area (Å²) in [5.74, 6) is 6.44. The molecule has 0 N–H and O–H groups in total. The second-order valence-corrected chi connectivity index (χ2v) is 8.10. The second-order valence-electron chi connectivity index (χ2n) is 8.10. The summed E-state index contributed by atoms with van der Waals surface area (Å²) in [5, 5.41) is 0. The highest BCUT2D eigenvalue weighted by atomic mass is 16.6. The van der Waals surface area contributed by atoms with Gasteiger partial charge in [-0.2, -0.15) is 0 Å². The van der Waals surface area contributed by atoms with E-state index in [0.29, 0.717) is 6.04 Å². The van der Waals surface area contributed by atoms with Gasteiger partial charge in [-0.1, -0.05) is 43.7 Å². The van der Waals surface area contributed by atoms with Crippen LogP contribution in [0.2, 0.25) is 0 Å². The van der Waals surface area contributed by atoms with Crippen molar-refractivity contribution in [3.63, 3.8) is 0 Å². The van der Waals surface area contributed by atoms with Crippen LogP contribution in [0.4, 0.5) is 0 Å². The van der Waals surface area contributed by atoms with Gasteiger partial charge in [-0.05, 0) is 56.0 Å². The van der Waals surface area contributed by atoms with Crippen molar-refractivity contribution in [3.8, 4) is 11.8 Å². The molecule has 138 valence electrons. The Balaban J connectivity index is 1.40. The van der Waals surface area contributed by atoms with Gasteiger partial charge in [0.1, 0.15) is 0 Å². The van der Waals surface area contributed by atoms with Gasteiger partial charge in [-0.3, -0.25) is 4.90 Å². The maximum Gasteiger partial charge on any atom is 0.332 e. The molecule has 5 rings (SSSR count). The molecule has 3 nitrogen and oxygen atoms in total. The molecule has 0 saturated carbocycles. The number of aryl methyl sites for hydroxylation is 1. The molecular weight excluding hydrogens is 334 g/mol. The van der Waals surface area contributed by atoms with Gasteiger partial charge in [-0.25, -0.2) is 4.79 Å². The lowest BCUT2D eigenvalue weighted by Gasteiger charge is -2.60. The number of esters is 1. The Morgan fingerprint density at radius 3 is 2.89 bits per heavy atom. The van der Waals surface area contributed by atoms with E-state index in [0.717, 1.165) is 36.1 Å². The summed E-state index contributed by atoms with van der Waals surface area (Å²) in [5.41, 5.74) is 3.95. The van der Waals surface area contributed by atoms with Crippen LogP contribution in [-0.4, -0.2) is 35.1 Å². The number of unbranched alkanes of at least 4 members (excludes halogenated alkanes) is 1. The number of rotatable bonds is 3. The Labute approximate surface area is 161 Å². The summed E-state index contributed by atoms with van der Waals surface area (Å²) in [6.07, 6.45) is 11.0. The fourth-order valence-corrected chi connectivity index (χ4v) is 5.20. The zero-order chi connectivity index (χ0) is 18.4. The molecule has 3 atom stereocenters. The SMILES string of the molecule is CCCCc1ccc(C#CC2=C[C@H]3N4CCCC[C@@H]4C34OC(=O)C=C24)cc1. The molecule has 2 fully saturated rings. The molecule has 1 unspecified atom stereocenters. The van der Waals surface area contributed by atoms with Gasteiger partial charge in [-0.15, -0.1) is 0 Å². The lowest BCUT2D eigenvalue weighted by molar-refractivity contribution is -0.194. The number of benzene rings is 1. The molecule has 27 heavy (non-hydrogen) atoms. The van der Waals surface area contributed by atoms with Crippen LogP contribution < -0.4 is 0 Å². The highest BCUT2D eigenvalue weighted by molar-refractivity contribution is 5.91. The van der Waals surface area contributed by atoms with Crippen LogP contribution in [0.1, 0.15) is 50.2 Å². The Morgan fingerprint density at radius 2 is 2.07 bits per heavy atom. The molecule has 0 bridgehead atoms. The first-order chi connectivity index (χ1) is 13.2. The van der Waals surface area contributed by atoms with E-state index in [1.54, 1.807) is 6.08 Å². The Hall–Kier alpha value is -2.31. The summed E-state index contributed by atoms with van der Waals surface area (Å²) in [6.45, 7) is 3.31. The fraction of sp³-hybridized carbons (Fsp3) is 0.458. The van der Waals surface area contributed by atoms with E-state index in [-0.39, 0.29) is 12.0 Å². The van der Waals surface area contributed by atoms with Gasteiger partial charge in [0.05, 0.1) is 12.1 Å². The van der Waals surface area contributed by atoms with Crippen molar-refractivity contribution in [2.75, 3.05) is 6.54 Å². The number of carbonyl (C=O) groups excluding carboxylic acids is 1. The molecule has 4 aliphatic rings. The standard InChI is InChI=1S/C24H25NO2/c1-2-3-6-17-8-10-18(11-9-17)12-13-19-15-22-24(20(19)16-23(26)27-24)21-7-4-5-14-25(21)22/h8-11,15-16,21-22H,2-7,14H2,1H3/t21-,22-,24?/m1/s1. The molecule has 3 heteroatoms. The van der Waals surface area contributed by atoms with Crippen LogP contribution in [0.5, 0.6) is 0 Å². The van der Waals surface area contributed by atoms with Gasteiger partial charge in [0.2, 0.25) is 0 Å². The Kier molecular flexibility index (Phi) is 3.98. The van der Waals surface area contributed by atoms with Crippen LogP contribution in [-0.2, 0) is 16.0 Å². The molecule has 0 amide bonds. The van der Waals surface area contributed by atoms with Gasteiger partial charge in [0, 0.05) is 22.8 Å². The molecule has 0 aromatic heterocycles. The van der Waals surface area contributed by atoms with Gasteiger partial charge in [0.25, 0.3) is 0 Å². The van der Waals surface area contributed by atoms with Gasteiger partial charge < -0.3 is 4.74 Å². The largest absolute Gasteiger partial charge is 0.447 e. The Bertz CT molecular complexity index is 899. The maximum absolute atomic E-state index is 12.1. The molecule has 1 aromatic rings. The molecule has 2 saturated heterocycles. The summed E-state index contributed by atoms with van der Waals surface area (Å²) >= 11 is 0. The van der Waals surface area contributed by atoms with E-state index in [1.807, 2.05) is 0 Å². The third-order valence-electron chi connectivity index (χ3n) is 6.52. The summed E-state index contributed by atoms with van der Waals surface area (Å²) in [6, 6.07) is 9.08. The molecular formula is C24H25NO2. The van der Waals surface area contributed by atoms with Gasteiger partial charge in [0.15, 0.2) is 5.60 Å². The van der Waals surface area contributed by atoms with Crippen LogP contribution in [0, 0.1) is 11.8 Å². The third-order valence-corrected chi connectivity index (χ3v) is 6.52. The average Bonchev–Trinajstić information content (AvgIpc) is 3.17. The summed E-state index contributed by atoms with van der Waals surface area (Å²) < 4.78 is 5.88. The van der Waals surface area contributed by atoms with Crippen molar-refractivity contribution in [2.45, 2.75) is 63.1 Å². The number of hydrogen-bond acceptors (Lipinski definition) is 3. The quantitative estimate of drug-likeness (QED) is 0.608. The highest BCUT2D eigenvalue weighted by Gasteiger charge is 2.69. The van der Waals surface area contributed by atoms with E-state index < -0.39 is 5.60 Å². The van der Waals surface area contributed by atoms with Crippen molar-refractivity contribution in [2.24, 2.45) is 0 Å². The molecule has 1 aliphatic carbocycles. The van der Waals surface area contributed by atoms with E-state index in [2.05, 4.69) is 54.0 Å². The van der Waals surface area contributed by atoms with Crippen molar-refractivity contribution < 1.29 is 9.53 Å². The molecule has 1 spiro atoms. The smallest absolute Gasteiger partial charge is 0.332 e. The molecule has 1 aromatic carbocycles. The Morgan fingerprint density at radius 1 is 1.22 bits per heavy atom. The number of ether oxygens (including phenoxy) is 1.